The first-order valence-corrected chi connectivity index (χ1v) is 6.89. The third-order valence-electron chi connectivity index (χ3n) is 3.84. The van der Waals surface area contributed by atoms with Crippen molar-refractivity contribution in [3.05, 3.63) is 30.3 Å². The smallest absolute Gasteiger partial charge is 0.228 e. The summed E-state index contributed by atoms with van der Waals surface area (Å²) in [6, 6.07) is 9.92. The predicted molar refractivity (Wildman–Crippen MR) is 76.1 cm³/mol. The molecular formula is C15H22N2O2. The van der Waals surface area contributed by atoms with Gasteiger partial charge in [0, 0.05) is 31.7 Å². The maximum atomic E-state index is 12.1. The van der Waals surface area contributed by atoms with Crippen LogP contribution in [0.25, 0.3) is 0 Å². The van der Waals surface area contributed by atoms with Crippen molar-refractivity contribution >= 4 is 11.6 Å². The van der Waals surface area contributed by atoms with Crippen molar-refractivity contribution in [3.8, 4) is 0 Å². The normalized spacial score (nSPS) is 19.6. The third kappa shape index (κ3) is 3.55. The molecule has 0 spiro atoms. The number of likely N-dealkylation sites (tertiary alicyclic amines) is 1. The highest BCUT2D eigenvalue weighted by atomic mass is 16.3. The first kappa shape index (κ1) is 14.0. The van der Waals surface area contributed by atoms with Crippen LogP contribution in [0, 0.1) is 0 Å². The van der Waals surface area contributed by atoms with Crippen molar-refractivity contribution in [2.24, 2.45) is 0 Å². The fourth-order valence-electron chi connectivity index (χ4n) is 2.60. The highest BCUT2D eigenvalue weighted by molar-refractivity contribution is 5.92. The van der Waals surface area contributed by atoms with Crippen LogP contribution in [-0.4, -0.2) is 48.7 Å². The lowest BCUT2D eigenvalue weighted by molar-refractivity contribution is -0.118. The van der Waals surface area contributed by atoms with Gasteiger partial charge in [-0.25, -0.2) is 0 Å². The highest BCUT2D eigenvalue weighted by Crippen LogP contribution is 2.18. The van der Waals surface area contributed by atoms with E-state index in [9.17, 15) is 9.90 Å². The van der Waals surface area contributed by atoms with Crippen molar-refractivity contribution in [1.82, 2.24) is 4.90 Å². The molecule has 19 heavy (non-hydrogen) atoms. The maximum Gasteiger partial charge on any atom is 0.228 e. The first-order valence-electron chi connectivity index (χ1n) is 6.89. The van der Waals surface area contributed by atoms with Crippen LogP contribution in [0.3, 0.4) is 0 Å². The Hall–Kier alpha value is -1.39. The number of benzene rings is 1. The molecule has 1 atom stereocenters. The minimum Gasteiger partial charge on any atom is -0.395 e. The van der Waals surface area contributed by atoms with E-state index in [-0.39, 0.29) is 18.6 Å². The summed E-state index contributed by atoms with van der Waals surface area (Å²) in [4.78, 5) is 16.0. The Morgan fingerprint density at radius 1 is 1.42 bits per heavy atom. The zero-order valence-corrected chi connectivity index (χ0v) is 11.5. The van der Waals surface area contributed by atoms with Crippen LogP contribution in [0.1, 0.15) is 19.3 Å². The molecule has 4 nitrogen and oxygen atoms in total. The monoisotopic (exact) mass is 262 g/mol. The average molecular weight is 262 g/mol. The number of nitrogens with zero attached hydrogens (tertiary/aromatic N) is 2. The number of aliphatic hydroxyl groups is 1. The third-order valence-corrected chi connectivity index (χ3v) is 3.84. The molecule has 1 fully saturated rings. The number of anilines is 1. The van der Waals surface area contributed by atoms with Crippen LogP contribution >= 0.6 is 0 Å². The summed E-state index contributed by atoms with van der Waals surface area (Å²) in [6.07, 6.45) is 2.66. The van der Waals surface area contributed by atoms with Gasteiger partial charge in [0.2, 0.25) is 5.91 Å². The molecule has 1 aliphatic rings. The van der Waals surface area contributed by atoms with Crippen LogP contribution in [0.2, 0.25) is 0 Å². The van der Waals surface area contributed by atoms with Gasteiger partial charge in [-0.3, -0.25) is 9.69 Å². The maximum absolute atomic E-state index is 12.1. The number of rotatable bonds is 5. The topological polar surface area (TPSA) is 43.8 Å². The van der Waals surface area contributed by atoms with Crippen LogP contribution < -0.4 is 4.90 Å². The first-order chi connectivity index (χ1) is 9.22. The molecule has 1 saturated heterocycles. The van der Waals surface area contributed by atoms with E-state index < -0.39 is 0 Å². The summed E-state index contributed by atoms with van der Waals surface area (Å²) < 4.78 is 0. The van der Waals surface area contributed by atoms with Gasteiger partial charge in [-0.2, -0.15) is 0 Å². The van der Waals surface area contributed by atoms with E-state index in [4.69, 9.17) is 0 Å². The average Bonchev–Trinajstić information content (AvgIpc) is 2.92. The van der Waals surface area contributed by atoms with Gasteiger partial charge in [-0.05, 0) is 31.5 Å². The van der Waals surface area contributed by atoms with Gasteiger partial charge in [-0.1, -0.05) is 18.2 Å². The number of hydrogen-bond donors (Lipinski definition) is 1. The van der Waals surface area contributed by atoms with Crippen molar-refractivity contribution in [2.75, 3.05) is 31.6 Å². The molecule has 0 unspecified atom stereocenters. The molecule has 1 amide bonds. The highest BCUT2D eigenvalue weighted by Gasteiger charge is 2.24. The number of carbonyl (C=O) groups is 1. The van der Waals surface area contributed by atoms with Crippen molar-refractivity contribution in [1.29, 1.82) is 0 Å². The molecule has 1 aromatic carbocycles. The fraction of sp³-hybridized carbons (Fsp3) is 0.533. The van der Waals surface area contributed by atoms with Crippen LogP contribution in [-0.2, 0) is 4.79 Å². The van der Waals surface area contributed by atoms with E-state index in [1.54, 1.807) is 4.90 Å². The Labute approximate surface area is 114 Å². The molecule has 0 radical (unpaired) electrons. The zero-order chi connectivity index (χ0) is 13.7. The summed E-state index contributed by atoms with van der Waals surface area (Å²) in [6.45, 7) is 1.93. The van der Waals surface area contributed by atoms with Crippen LogP contribution in [0.15, 0.2) is 30.3 Å². The van der Waals surface area contributed by atoms with Crippen molar-refractivity contribution in [3.63, 3.8) is 0 Å². The molecule has 1 aliphatic heterocycles. The second kappa shape index (κ2) is 6.68. The van der Waals surface area contributed by atoms with Crippen molar-refractivity contribution < 1.29 is 9.90 Å². The molecule has 0 bridgehead atoms. The Bertz CT molecular complexity index is 408. The van der Waals surface area contributed by atoms with E-state index in [0.29, 0.717) is 6.42 Å². The van der Waals surface area contributed by atoms with Gasteiger partial charge < -0.3 is 10.0 Å². The summed E-state index contributed by atoms with van der Waals surface area (Å²) in [7, 11) is 1.81. The van der Waals surface area contributed by atoms with Gasteiger partial charge in [0.1, 0.15) is 0 Å². The quantitative estimate of drug-likeness (QED) is 0.874. The number of aliphatic hydroxyl groups excluding tert-OH is 1. The number of para-hydroxylation sites is 1. The van der Waals surface area contributed by atoms with E-state index in [2.05, 4.69) is 4.90 Å². The standard InChI is InChI=1S/C15H22N2O2/c1-16(13-6-3-2-4-7-13)15(19)9-11-17-10-5-8-14(17)12-18/h2-4,6-7,14,18H,5,8-12H2,1H3/t14-/m1/s1. The summed E-state index contributed by atoms with van der Waals surface area (Å²) in [5, 5.41) is 9.25. The number of carbonyl (C=O) groups excluding carboxylic acids is 1. The SMILES string of the molecule is CN(C(=O)CCN1CCC[C@@H]1CO)c1ccccc1. The second-order valence-corrected chi connectivity index (χ2v) is 5.05. The van der Waals surface area contributed by atoms with Gasteiger partial charge in [0.15, 0.2) is 0 Å². The fourth-order valence-corrected chi connectivity index (χ4v) is 2.60. The lowest BCUT2D eigenvalue weighted by atomic mass is 10.2. The van der Waals surface area contributed by atoms with Gasteiger partial charge in [0.25, 0.3) is 0 Å². The van der Waals surface area contributed by atoms with E-state index in [1.807, 2.05) is 37.4 Å². The van der Waals surface area contributed by atoms with Gasteiger partial charge >= 0.3 is 0 Å². The number of hydrogen-bond acceptors (Lipinski definition) is 3. The van der Waals surface area contributed by atoms with Gasteiger partial charge in [0.05, 0.1) is 6.61 Å². The van der Waals surface area contributed by atoms with Crippen molar-refractivity contribution in [2.45, 2.75) is 25.3 Å². The van der Waals surface area contributed by atoms with Crippen LogP contribution in [0.5, 0.6) is 0 Å². The predicted octanol–water partition coefficient (Wildman–Crippen LogP) is 1.50. The Balaban J connectivity index is 1.84. The molecule has 4 heteroatoms. The molecule has 0 aliphatic carbocycles. The minimum absolute atomic E-state index is 0.120. The van der Waals surface area contributed by atoms with E-state index >= 15 is 0 Å². The largest absolute Gasteiger partial charge is 0.395 e. The minimum atomic E-state index is 0.120. The van der Waals surface area contributed by atoms with Gasteiger partial charge in [-0.15, -0.1) is 0 Å². The lowest BCUT2D eigenvalue weighted by Gasteiger charge is -2.24. The molecule has 2 rings (SSSR count). The van der Waals surface area contributed by atoms with E-state index in [1.165, 1.54) is 0 Å². The second-order valence-electron chi connectivity index (χ2n) is 5.05. The Kier molecular flexibility index (Phi) is 4.93. The molecule has 104 valence electrons. The molecule has 0 aromatic heterocycles. The molecular weight excluding hydrogens is 240 g/mol. The summed E-state index contributed by atoms with van der Waals surface area (Å²) in [5.41, 5.74) is 0.924. The summed E-state index contributed by atoms with van der Waals surface area (Å²) >= 11 is 0. The van der Waals surface area contributed by atoms with Crippen LogP contribution in [0.4, 0.5) is 5.69 Å². The van der Waals surface area contributed by atoms with E-state index in [0.717, 1.165) is 31.6 Å². The lowest BCUT2D eigenvalue weighted by Crippen LogP contribution is -2.36. The Morgan fingerprint density at radius 2 is 2.16 bits per heavy atom. The Morgan fingerprint density at radius 3 is 2.84 bits per heavy atom. The molecule has 1 heterocycles. The zero-order valence-electron chi connectivity index (χ0n) is 11.5. The molecule has 0 saturated carbocycles. The molecule has 1 aromatic rings. The molecule has 1 N–H and O–H groups in total. The number of amides is 1. The summed E-state index contributed by atoms with van der Waals surface area (Å²) in [5.74, 6) is 0.120.